The van der Waals surface area contributed by atoms with Crippen molar-refractivity contribution in [1.82, 2.24) is 0 Å². The number of hydrogen-bond acceptors (Lipinski definition) is 3. The SMILES string of the molecule is CCOC(=O)C(C)CC(N)C(C)C. The molecule has 0 aliphatic heterocycles. The summed E-state index contributed by atoms with van der Waals surface area (Å²) in [7, 11) is 0. The third kappa shape index (κ3) is 4.88. The van der Waals surface area contributed by atoms with Crippen LogP contribution in [0.3, 0.4) is 0 Å². The normalized spacial score (nSPS) is 15.5. The van der Waals surface area contributed by atoms with Gasteiger partial charge in [0.2, 0.25) is 0 Å². The number of esters is 1. The first-order chi connectivity index (χ1) is 5.99. The number of hydrogen-bond donors (Lipinski definition) is 1. The fourth-order valence-electron chi connectivity index (χ4n) is 1.06. The molecule has 0 radical (unpaired) electrons. The molecule has 13 heavy (non-hydrogen) atoms. The molecule has 0 aromatic rings. The summed E-state index contributed by atoms with van der Waals surface area (Å²) in [5.74, 6) is 0.188. The zero-order valence-corrected chi connectivity index (χ0v) is 9.04. The zero-order valence-electron chi connectivity index (χ0n) is 9.04. The molecule has 0 fully saturated rings. The van der Waals surface area contributed by atoms with Gasteiger partial charge in [-0.25, -0.2) is 0 Å². The number of rotatable bonds is 5. The third-order valence-electron chi connectivity index (χ3n) is 2.17. The van der Waals surface area contributed by atoms with E-state index in [2.05, 4.69) is 13.8 Å². The van der Waals surface area contributed by atoms with Crippen LogP contribution >= 0.6 is 0 Å². The highest BCUT2D eigenvalue weighted by molar-refractivity contribution is 5.71. The summed E-state index contributed by atoms with van der Waals surface area (Å²) >= 11 is 0. The minimum atomic E-state index is -0.140. The van der Waals surface area contributed by atoms with Crippen LogP contribution in [0.4, 0.5) is 0 Å². The van der Waals surface area contributed by atoms with Gasteiger partial charge in [0.15, 0.2) is 0 Å². The van der Waals surface area contributed by atoms with Crippen LogP contribution in [0.5, 0.6) is 0 Å². The smallest absolute Gasteiger partial charge is 0.308 e. The predicted octanol–water partition coefficient (Wildman–Crippen LogP) is 1.56. The van der Waals surface area contributed by atoms with E-state index in [-0.39, 0.29) is 17.9 Å². The van der Waals surface area contributed by atoms with Gasteiger partial charge in [-0.1, -0.05) is 20.8 Å². The largest absolute Gasteiger partial charge is 0.466 e. The van der Waals surface area contributed by atoms with Gasteiger partial charge in [0.1, 0.15) is 0 Å². The average molecular weight is 187 g/mol. The highest BCUT2D eigenvalue weighted by Crippen LogP contribution is 2.12. The van der Waals surface area contributed by atoms with E-state index in [0.29, 0.717) is 18.9 Å². The van der Waals surface area contributed by atoms with Crippen LogP contribution in [0.15, 0.2) is 0 Å². The van der Waals surface area contributed by atoms with E-state index in [1.165, 1.54) is 0 Å². The van der Waals surface area contributed by atoms with Gasteiger partial charge >= 0.3 is 5.97 Å². The van der Waals surface area contributed by atoms with Crippen LogP contribution in [0, 0.1) is 11.8 Å². The van der Waals surface area contributed by atoms with E-state index in [1.807, 2.05) is 13.8 Å². The van der Waals surface area contributed by atoms with Crippen LogP contribution < -0.4 is 5.73 Å². The molecule has 78 valence electrons. The molecule has 2 atom stereocenters. The Hall–Kier alpha value is -0.570. The molecule has 2 unspecified atom stereocenters. The van der Waals surface area contributed by atoms with Crippen LogP contribution in [-0.2, 0) is 9.53 Å². The van der Waals surface area contributed by atoms with Crippen molar-refractivity contribution in [3.05, 3.63) is 0 Å². The molecule has 0 aromatic heterocycles. The third-order valence-corrected chi connectivity index (χ3v) is 2.17. The number of carbonyl (C=O) groups is 1. The van der Waals surface area contributed by atoms with E-state index in [4.69, 9.17) is 10.5 Å². The molecular weight excluding hydrogens is 166 g/mol. The molecular formula is C10H21NO2. The van der Waals surface area contributed by atoms with E-state index in [0.717, 1.165) is 0 Å². The van der Waals surface area contributed by atoms with Gasteiger partial charge in [-0.05, 0) is 19.3 Å². The maximum atomic E-state index is 11.2. The second-order valence-corrected chi connectivity index (χ2v) is 3.80. The number of ether oxygens (including phenoxy) is 1. The van der Waals surface area contributed by atoms with Gasteiger partial charge < -0.3 is 10.5 Å². The minimum absolute atomic E-state index is 0.0828. The molecule has 0 saturated heterocycles. The first kappa shape index (κ1) is 12.4. The molecule has 0 amide bonds. The van der Waals surface area contributed by atoms with Gasteiger partial charge in [-0.15, -0.1) is 0 Å². The fraction of sp³-hybridized carbons (Fsp3) is 0.900. The van der Waals surface area contributed by atoms with E-state index in [9.17, 15) is 4.79 Å². The maximum Gasteiger partial charge on any atom is 0.308 e. The van der Waals surface area contributed by atoms with Crippen molar-refractivity contribution in [2.45, 2.75) is 40.2 Å². The Morgan fingerprint density at radius 2 is 1.92 bits per heavy atom. The number of carbonyl (C=O) groups excluding carboxylic acids is 1. The van der Waals surface area contributed by atoms with Crippen LogP contribution in [-0.4, -0.2) is 18.6 Å². The lowest BCUT2D eigenvalue weighted by molar-refractivity contribution is -0.147. The van der Waals surface area contributed by atoms with Crippen molar-refractivity contribution in [2.24, 2.45) is 17.6 Å². The summed E-state index contributed by atoms with van der Waals surface area (Å²) in [4.78, 5) is 11.2. The van der Waals surface area contributed by atoms with Crippen molar-refractivity contribution in [3.63, 3.8) is 0 Å². The lowest BCUT2D eigenvalue weighted by atomic mass is 9.94. The highest BCUT2D eigenvalue weighted by atomic mass is 16.5. The molecule has 0 rings (SSSR count). The summed E-state index contributed by atoms with van der Waals surface area (Å²) in [5, 5.41) is 0. The van der Waals surface area contributed by atoms with Crippen LogP contribution in [0.1, 0.15) is 34.1 Å². The fourth-order valence-corrected chi connectivity index (χ4v) is 1.06. The second-order valence-electron chi connectivity index (χ2n) is 3.80. The lowest BCUT2D eigenvalue weighted by Crippen LogP contribution is -2.31. The average Bonchev–Trinajstić information content (AvgIpc) is 2.04. The Morgan fingerprint density at radius 1 is 1.38 bits per heavy atom. The topological polar surface area (TPSA) is 52.3 Å². The van der Waals surface area contributed by atoms with Crippen molar-refractivity contribution in [1.29, 1.82) is 0 Å². The van der Waals surface area contributed by atoms with Gasteiger partial charge in [-0.3, -0.25) is 4.79 Å². The predicted molar refractivity (Wildman–Crippen MR) is 53.2 cm³/mol. The zero-order chi connectivity index (χ0) is 10.4. The highest BCUT2D eigenvalue weighted by Gasteiger charge is 2.19. The molecule has 3 nitrogen and oxygen atoms in total. The Kier molecular flexibility index (Phi) is 5.71. The molecule has 0 heterocycles. The quantitative estimate of drug-likeness (QED) is 0.664. The standard InChI is InChI=1S/C10H21NO2/c1-5-13-10(12)8(4)6-9(11)7(2)3/h7-9H,5-6,11H2,1-4H3. The maximum absolute atomic E-state index is 11.2. The van der Waals surface area contributed by atoms with Crippen molar-refractivity contribution in [2.75, 3.05) is 6.61 Å². The summed E-state index contributed by atoms with van der Waals surface area (Å²) < 4.78 is 4.89. The van der Waals surface area contributed by atoms with Crippen molar-refractivity contribution < 1.29 is 9.53 Å². The molecule has 0 aromatic carbocycles. The van der Waals surface area contributed by atoms with E-state index >= 15 is 0 Å². The Balaban J connectivity index is 3.85. The Labute approximate surface area is 80.6 Å². The molecule has 2 N–H and O–H groups in total. The second kappa shape index (κ2) is 5.97. The Morgan fingerprint density at radius 3 is 2.31 bits per heavy atom. The summed E-state index contributed by atoms with van der Waals surface area (Å²) in [5.41, 5.74) is 5.84. The lowest BCUT2D eigenvalue weighted by Gasteiger charge is -2.18. The first-order valence-electron chi connectivity index (χ1n) is 4.91. The van der Waals surface area contributed by atoms with Crippen LogP contribution in [0.25, 0.3) is 0 Å². The summed E-state index contributed by atoms with van der Waals surface area (Å²) in [6.45, 7) is 8.23. The molecule has 0 aliphatic carbocycles. The first-order valence-corrected chi connectivity index (χ1v) is 4.91. The van der Waals surface area contributed by atoms with Crippen LogP contribution in [0.2, 0.25) is 0 Å². The molecule has 0 saturated carbocycles. The monoisotopic (exact) mass is 187 g/mol. The molecule has 0 aliphatic rings. The Bertz CT molecular complexity index is 157. The van der Waals surface area contributed by atoms with Gasteiger partial charge in [0.25, 0.3) is 0 Å². The molecule has 0 spiro atoms. The van der Waals surface area contributed by atoms with Crippen molar-refractivity contribution >= 4 is 5.97 Å². The summed E-state index contributed by atoms with van der Waals surface area (Å²) in [6.07, 6.45) is 0.705. The van der Waals surface area contributed by atoms with Gasteiger partial charge in [0, 0.05) is 6.04 Å². The van der Waals surface area contributed by atoms with E-state index in [1.54, 1.807) is 0 Å². The van der Waals surface area contributed by atoms with Gasteiger partial charge in [0.05, 0.1) is 12.5 Å². The minimum Gasteiger partial charge on any atom is -0.466 e. The van der Waals surface area contributed by atoms with Gasteiger partial charge in [-0.2, -0.15) is 0 Å². The summed E-state index contributed by atoms with van der Waals surface area (Å²) in [6, 6.07) is 0.0828. The van der Waals surface area contributed by atoms with Crippen molar-refractivity contribution in [3.8, 4) is 0 Å². The molecule has 3 heteroatoms. The molecule has 0 bridgehead atoms. The van der Waals surface area contributed by atoms with E-state index < -0.39 is 0 Å². The number of nitrogens with two attached hydrogens (primary N) is 1.